The Morgan fingerprint density at radius 3 is 2.54 bits per heavy atom. The number of nitrogens with zero attached hydrogens (tertiary/aromatic N) is 2. The van der Waals surface area contributed by atoms with Crippen LogP contribution in [0.5, 0.6) is 0 Å². The van der Waals surface area contributed by atoms with Crippen LogP contribution in [0.4, 0.5) is 0 Å². The first-order valence-corrected chi connectivity index (χ1v) is 8.89. The topological polar surface area (TPSA) is 59.0 Å². The van der Waals surface area contributed by atoms with Gasteiger partial charge in [0.25, 0.3) is 5.91 Å². The molecule has 0 bridgehead atoms. The molecule has 1 saturated carbocycles. The molecule has 0 unspecified atom stereocenters. The smallest absolute Gasteiger partial charge is 0.274 e. The zero-order valence-electron chi connectivity index (χ0n) is 12.9. The van der Waals surface area contributed by atoms with E-state index in [4.69, 9.17) is 28.0 Å². The highest BCUT2D eigenvalue weighted by Crippen LogP contribution is 2.37. The molecule has 24 heavy (non-hydrogen) atoms. The molecule has 0 aromatic heterocycles. The Kier molecular flexibility index (Phi) is 4.01. The lowest BCUT2D eigenvalue weighted by Gasteiger charge is -2.29. The number of oxime groups is 1. The van der Waals surface area contributed by atoms with Gasteiger partial charge in [-0.05, 0) is 25.0 Å². The summed E-state index contributed by atoms with van der Waals surface area (Å²) in [5, 5.41) is 4.87. The zero-order valence-corrected chi connectivity index (χ0v) is 14.4. The minimum absolute atomic E-state index is 0.0186. The first-order chi connectivity index (χ1) is 11.6. The number of benzene rings is 1. The second-order valence-corrected chi connectivity index (χ2v) is 7.29. The first kappa shape index (κ1) is 15.9. The molecule has 2 aliphatic heterocycles. The summed E-state index contributed by atoms with van der Waals surface area (Å²) in [5.74, 6) is -1.21. The highest BCUT2D eigenvalue weighted by Gasteiger charge is 2.57. The molecule has 0 N–H and O–H groups in total. The molecular formula is C17H16Cl2N2O3. The Hall–Kier alpha value is -1.59. The molecule has 0 radical (unpaired) electrons. The molecule has 1 aromatic rings. The lowest BCUT2D eigenvalue weighted by atomic mass is 9.93. The average molecular weight is 367 g/mol. The number of amides is 2. The number of hydrogen-bond acceptors (Lipinski definition) is 4. The van der Waals surface area contributed by atoms with Gasteiger partial charge in [-0.3, -0.25) is 14.5 Å². The van der Waals surface area contributed by atoms with Crippen LogP contribution in [0.2, 0.25) is 10.0 Å². The van der Waals surface area contributed by atoms with Gasteiger partial charge >= 0.3 is 0 Å². The lowest BCUT2D eigenvalue weighted by molar-refractivity contribution is -0.145. The van der Waals surface area contributed by atoms with E-state index < -0.39 is 12.0 Å². The third kappa shape index (κ3) is 2.42. The first-order valence-electron chi connectivity index (χ1n) is 8.14. The van der Waals surface area contributed by atoms with Crippen LogP contribution in [0.25, 0.3) is 0 Å². The lowest BCUT2D eigenvalue weighted by Crippen LogP contribution is -2.43. The van der Waals surface area contributed by atoms with Crippen LogP contribution in [0.15, 0.2) is 23.4 Å². The summed E-state index contributed by atoms with van der Waals surface area (Å²) in [4.78, 5) is 32.3. The molecule has 1 aliphatic carbocycles. The van der Waals surface area contributed by atoms with Gasteiger partial charge in [0.2, 0.25) is 12.0 Å². The summed E-state index contributed by atoms with van der Waals surface area (Å²) in [6.45, 7) is 0. The summed E-state index contributed by atoms with van der Waals surface area (Å²) in [7, 11) is 0. The fourth-order valence-corrected chi connectivity index (χ4v) is 4.32. The van der Waals surface area contributed by atoms with E-state index in [1.165, 1.54) is 4.90 Å². The van der Waals surface area contributed by atoms with E-state index in [1.807, 2.05) is 0 Å². The Balaban J connectivity index is 1.65. The molecule has 0 spiro atoms. The highest BCUT2D eigenvalue weighted by molar-refractivity contribution is 6.38. The third-order valence-corrected chi connectivity index (χ3v) is 5.54. The van der Waals surface area contributed by atoms with Crippen molar-refractivity contribution in [2.75, 3.05) is 0 Å². The summed E-state index contributed by atoms with van der Waals surface area (Å²) in [6, 6.07) is 4.96. The largest absolute Gasteiger partial charge is 0.381 e. The number of halogens is 2. The molecule has 2 heterocycles. The van der Waals surface area contributed by atoms with Crippen LogP contribution in [0.3, 0.4) is 0 Å². The van der Waals surface area contributed by atoms with E-state index in [1.54, 1.807) is 18.2 Å². The number of fused-ring (bicyclic) bond motifs is 1. The van der Waals surface area contributed by atoms with E-state index in [-0.39, 0.29) is 17.9 Å². The van der Waals surface area contributed by atoms with Crippen molar-refractivity contribution in [3.63, 3.8) is 0 Å². The number of carbonyl (C=O) groups is 2. The Morgan fingerprint density at radius 2 is 1.83 bits per heavy atom. The van der Waals surface area contributed by atoms with Crippen molar-refractivity contribution in [2.24, 2.45) is 11.1 Å². The molecule has 4 rings (SSSR count). The molecule has 7 heteroatoms. The number of imide groups is 1. The van der Waals surface area contributed by atoms with Crippen LogP contribution < -0.4 is 0 Å². The van der Waals surface area contributed by atoms with Crippen LogP contribution in [-0.2, 0) is 14.4 Å². The number of carbonyl (C=O) groups excluding carboxylic acids is 2. The van der Waals surface area contributed by atoms with Gasteiger partial charge in [-0.2, -0.15) is 0 Å². The maximum absolute atomic E-state index is 12.9. The quantitative estimate of drug-likeness (QED) is 0.753. The zero-order chi connectivity index (χ0) is 16.8. The van der Waals surface area contributed by atoms with Gasteiger partial charge in [-0.15, -0.1) is 0 Å². The minimum Gasteiger partial charge on any atom is -0.381 e. The average Bonchev–Trinajstić information content (AvgIpc) is 3.09. The molecular weight excluding hydrogens is 351 g/mol. The maximum atomic E-state index is 12.9. The Labute approximate surface area is 149 Å². The van der Waals surface area contributed by atoms with Crippen molar-refractivity contribution in [1.82, 2.24) is 4.90 Å². The fourth-order valence-electron chi connectivity index (χ4n) is 3.82. The number of hydrogen-bond donors (Lipinski definition) is 0. The van der Waals surface area contributed by atoms with Crippen LogP contribution in [-0.4, -0.2) is 34.6 Å². The van der Waals surface area contributed by atoms with Crippen LogP contribution >= 0.6 is 23.2 Å². The minimum atomic E-state index is -0.860. The van der Waals surface area contributed by atoms with Gasteiger partial charge in [0, 0.05) is 16.6 Å². The highest BCUT2D eigenvalue weighted by atomic mass is 35.5. The van der Waals surface area contributed by atoms with Gasteiger partial charge in [0.05, 0.1) is 5.02 Å². The maximum Gasteiger partial charge on any atom is 0.274 e. The number of rotatable bonds is 2. The van der Waals surface area contributed by atoms with E-state index >= 15 is 0 Å². The second-order valence-electron chi connectivity index (χ2n) is 6.44. The van der Waals surface area contributed by atoms with E-state index in [0.29, 0.717) is 21.3 Å². The van der Waals surface area contributed by atoms with Gasteiger partial charge in [0.15, 0.2) is 0 Å². The summed E-state index contributed by atoms with van der Waals surface area (Å²) in [6.07, 6.45) is 4.12. The van der Waals surface area contributed by atoms with Crippen molar-refractivity contribution in [1.29, 1.82) is 0 Å². The summed E-state index contributed by atoms with van der Waals surface area (Å²) in [5.41, 5.74) is 0.999. The third-order valence-electron chi connectivity index (χ3n) is 4.99. The molecule has 5 nitrogen and oxygen atoms in total. The molecule has 2 amide bonds. The van der Waals surface area contributed by atoms with Crippen LogP contribution in [0, 0.1) is 5.92 Å². The van der Waals surface area contributed by atoms with Crippen molar-refractivity contribution in [3.05, 3.63) is 33.8 Å². The second kappa shape index (κ2) is 6.05. The van der Waals surface area contributed by atoms with E-state index in [0.717, 1.165) is 32.1 Å². The van der Waals surface area contributed by atoms with Gasteiger partial charge in [0.1, 0.15) is 11.6 Å². The molecule has 1 saturated heterocycles. The molecule has 126 valence electrons. The Bertz CT molecular complexity index is 743. The summed E-state index contributed by atoms with van der Waals surface area (Å²) < 4.78 is 0. The van der Waals surface area contributed by atoms with Crippen molar-refractivity contribution in [2.45, 2.75) is 44.2 Å². The van der Waals surface area contributed by atoms with Crippen LogP contribution in [0.1, 0.15) is 37.7 Å². The molecule has 3 aliphatic rings. The van der Waals surface area contributed by atoms with Crippen molar-refractivity contribution >= 4 is 40.7 Å². The Morgan fingerprint density at radius 1 is 1.08 bits per heavy atom. The van der Waals surface area contributed by atoms with E-state index in [2.05, 4.69) is 5.16 Å². The van der Waals surface area contributed by atoms with Crippen molar-refractivity contribution < 1.29 is 14.4 Å². The molecule has 2 fully saturated rings. The summed E-state index contributed by atoms with van der Waals surface area (Å²) >= 11 is 12.2. The number of likely N-dealkylation sites (tertiary alicyclic amines) is 1. The standard InChI is InChI=1S/C17H16Cl2N2O3/c18-9-6-7-11(12(19)8-9)14-13-15(24-20-14)17(23)21(16(13)22)10-4-2-1-3-5-10/h6-8,10,13,15H,1-5H2/t13-,15+/m0/s1. The SMILES string of the molecule is O=C1[C@H]2C(c3ccc(Cl)cc3Cl)=NO[C@H]2C(=O)N1C1CCCCC1. The predicted octanol–water partition coefficient (Wildman–Crippen LogP) is 3.41. The van der Waals surface area contributed by atoms with Gasteiger partial charge < -0.3 is 4.84 Å². The van der Waals surface area contributed by atoms with Gasteiger partial charge in [-0.25, -0.2) is 0 Å². The molecule has 2 atom stereocenters. The fraction of sp³-hybridized carbons (Fsp3) is 0.471. The monoisotopic (exact) mass is 366 g/mol. The predicted molar refractivity (Wildman–Crippen MR) is 90.1 cm³/mol. The molecule has 1 aromatic carbocycles. The van der Waals surface area contributed by atoms with E-state index in [9.17, 15) is 9.59 Å². The van der Waals surface area contributed by atoms with Crippen molar-refractivity contribution in [3.8, 4) is 0 Å². The normalized spacial score (nSPS) is 27.2. The van der Waals surface area contributed by atoms with Gasteiger partial charge in [-0.1, -0.05) is 53.7 Å².